The maximum Gasteiger partial charge on any atom is 0.134 e. The van der Waals surface area contributed by atoms with Gasteiger partial charge in [0.15, 0.2) is 0 Å². The van der Waals surface area contributed by atoms with E-state index in [0.717, 1.165) is 26.3 Å². The fourth-order valence-corrected chi connectivity index (χ4v) is 3.18. The standard InChI is InChI=1S/C19H13BrN2S/c1-13-2-4-14(5-3-13)10-16(11-21)19-22-18(12-23-19)15-6-8-17(20)9-7-15/h2-10,12H,1H3. The van der Waals surface area contributed by atoms with Crippen molar-refractivity contribution in [1.82, 2.24) is 4.98 Å². The zero-order valence-electron chi connectivity index (χ0n) is 12.5. The van der Waals surface area contributed by atoms with Crippen molar-refractivity contribution in [3.05, 3.63) is 74.5 Å². The first-order chi connectivity index (χ1) is 11.2. The Hall–Kier alpha value is -2.22. The van der Waals surface area contributed by atoms with E-state index in [1.807, 2.05) is 66.9 Å². The fourth-order valence-electron chi connectivity index (χ4n) is 2.12. The van der Waals surface area contributed by atoms with Gasteiger partial charge in [0.05, 0.1) is 11.3 Å². The van der Waals surface area contributed by atoms with Crippen LogP contribution in [0.5, 0.6) is 0 Å². The molecular formula is C19H13BrN2S. The molecule has 0 amide bonds. The predicted molar refractivity (Wildman–Crippen MR) is 99.9 cm³/mol. The van der Waals surface area contributed by atoms with Crippen LogP contribution in [0.3, 0.4) is 0 Å². The molecule has 23 heavy (non-hydrogen) atoms. The van der Waals surface area contributed by atoms with Crippen LogP contribution in [0.25, 0.3) is 22.9 Å². The summed E-state index contributed by atoms with van der Waals surface area (Å²) < 4.78 is 1.04. The number of nitriles is 1. The van der Waals surface area contributed by atoms with Gasteiger partial charge in [0, 0.05) is 15.4 Å². The number of thiazole rings is 1. The van der Waals surface area contributed by atoms with Gasteiger partial charge in [0.2, 0.25) is 0 Å². The van der Waals surface area contributed by atoms with E-state index < -0.39 is 0 Å². The number of hydrogen-bond acceptors (Lipinski definition) is 3. The summed E-state index contributed by atoms with van der Waals surface area (Å²) in [5.41, 5.74) is 4.73. The van der Waals surface area contributed by atoms with Crippen molar-refractivity contribution in [2.75, 3.05) is 0 Å². The number of hydrogen-bond donors (Lipinski definition) is 0. The van der Waals surface area contributed by atoms with Gasteiger partial charge in [-0.15, -0.1) is 11.3 Å². The van der Waals surface area contributed by atoms with Crippen LogP contribution in [0.2, 0.25) is 0 Å². The van der Waals surface area contributed by atoms with Gasteiger partial charge in [0.25, 0.3) is 0 Å². The summed E-state index contributed by atoms with van der Waals surface area (Å²) >= 11 is 4.92. The van der Waals surface area contributed by atoms with Crippen molar-refractivity contribution in [1.29, 1.82) is 5.26 Å². The van der Waals surface area contributed by atoms with Crippen molar-refractivity contribution in [3.63, 3.8) is 0 Å². The van der Waals surface area contributed by atoms with Gasteiger partial charge in [-0.3, -0.25) is 0 Å². The summed E-state index contributed by atoms with van der Waals surface area (Å²) in [6.07, 6.45) is 1.88. The molecule has 3 aromatic rings. The molecule has 2 aromatic carbocycles. The third-order valence-electron chi connectivity index (χ3n) is 3.38. The van der Waals surface area contributed by atoms with Gasteiger partial charge in [-0.1, -0.05) is 57.9 Å². The van der Waals surface area contributed by atoms with E-state index in [4.69, 9.17) is 0 Å². The van der Waals surface area contributed by atoms with E-state index in [9.17, 15) is 5.26 Å². The normalized spacial score (nSPS) is 11.3. The molecule has 1 aromatic heterocycles. The number of rotatable bonds is 3. The lowest BCUT2D eigenvalue weighted by Crippen LogP contribution is -1.83. The van der Waals surface area contributed by atoms with E-state index in [0.29, 0.717) is 5.57 Å². The molecule has 0 saturated heterocycles. The molecule has 0 fully saturated rings. The summed E-state index contributed by atoms with van der Waals surface area (Å²) in [5, 5.41) is 12.2. The third kappa shape index (κ3) is 3.76. The second-order valence-electron chi connectivity index (χ2n) is 5.13. The van der Waals surface area contributed by atoms with Crippen LogP contribution >= 0.6 is 27.3 Å². The zero-order chi connectivity index (χ0) is 16.2. The highest BCUT2D eigenvalue weighted by Gasteiger charge is 2.09. The molecule has 2 nitrogen and oxygen atoms in total. The summed E-state index contributed by atoms with van der Waals surface area (Å²) in [4.78, 5) is 4.61. The number of aromatic nitrogens is 1. The fraction of sp³-hybridized carbons (Fsp3) is 0.0526. The van der Waals surface area contributed by atoms with Gasteiger partial charge in [-0.05, 0) is 30.7 Å². The SMILES string of the molecule is Cc1ccc(C=C(C#N)c2nc(-c3ccc(Br)cc3)cs2)cc1. The number of aryl methyl sites for hydroxylation is 1. The van der Waals surface area contributed by atoms with Crippen molar-refractivity contribution < 1.29 is 0 Å². The van der Waals surface area contributed by atoms with Crippen LogP contribution < -0.4 is 0 Å². The molecule has 0 saturated carbocycles. The molecule has 3 rings (SSSR count). The summed E-state index contributed by atoms with van der Waals surface area (Å²) in [6.45, 7) is 2.05. The van der Waals surface area contributed by atoms with E-state index in [1.54, 1.807) is 0 Å². The Morgan fingerprint density at radius 2 is 1.83 bits per heavy atom. The first-order valence-corrected chi connectivity index (χ1v) is 8.73. The van der Waals surface area contributed by atoms with E-state index >= 15 is 0 Å². The average molecular weight is 381 g/mol. The maximum absolute atomic E-state index is 9.45. The zero-order valence-corrected chi connectivity index (χ0v) is 14.9. The van der Waals surface area contributed by atoms with E-state index in [1.165, 1.54) is 16.9 Å². The van der Waals surface area contributed by atoms with E-state index in [-0.39, 0.29) is 0 Å². The van der Waals surface area contributed by atoms with Gasteiger partial charge < -0.3 is 0 Å². The Kier molecular flexibility index (Phi) is 4.71. The lowest BCUT2D eigenvalue weighted by molar-refractivity contribution is 1.37. The molecule has 4 heteroatoms. The molecule has 0 aliphatic rings. The second kappa shape index (κ2) is 6.91. The minimum absolute atomic E-state index is 0.585. The highest BCUT2D eigenvalue weighted by atomic mass is 79.9. The topological polar surface area (TPSA) is 36.7 Å². The average Bonchev–Trinajstić information content (AvgIpc) is 3.05. The van der Waals surface area contributed by atoms with Gasteiger partial charge in [0.1, 0.15) is 11.1 Å². The Morgan fingerprint density at radius 1 is 1.13 bits per heavy atom. The van der Waals surface area contributed by atoms with Crippen LogP contribution in [0, 0.1) is 18.3 Å². The van der Waals surface area contributed by atoms with Gasteiger partial charge in [-0.2, -0.15) is 5.26 Å². The van der Waals surface area contributed by atoms with Crippen molar-refractivity contribution in [2.24, 2.45) is 0 Å². The van der Waals surface area contributed by atoms with E-state index in [2.05, 4.69) is 27.0 Å². The first kappa shape index (κ1) is 15.7. The summed E-state index contributed by atoms with van der Waals surface area (Å²) in [7, 11) is 0. The molecule has 1 heterocycles. The molecule has 0 aliphatic heterocycles. The Bertz CT molecular complexity index is 884. The molecular weight excluding hydrogens is 368 g/mol. The number of nitrogens with zero attached hydrogens (tertiary/aromatic N) is 2. The van der Waals surface area contributed by atoms with Crippen LogP contribution in [0.4, 0.5) is 0 Å². The maximum atomic E-state index is 9.45. The van der Waals surface area contributed by atoms with Crippen molar-refractivity contribution in [3.8, 4) is 17.3 Å². The molecule has 0 atom stereocenters. The van der Waals surface area contributed by atoms with Crippen molar-refractivity contribution in [2.45, 2.75) is 6.92 Å². The monoisotopic (exact) mass is 380 g/mol. The summed E-state index contributed by atoms with van der Waals surface area (Å²) in [5.74, 6) is 0. The lowest BCUT2D eigenvalue weighted by Gasteiger charge is -1.98. The molecule has 112 valence electrons. The molecule has 0 spiro atoms. The second-order valence-corrected chi connectivity index (χ2v) is 6.90. The predicted octanol–water partition coefficient (Wildman–Crippen LogP) is 5.95. The number of allylic oxidation sites excluding steroid dienone is 1. The van der Waals surface area contributed by atoms with Crippen LogP contribution in [0.15, 0.2) is 58.4 Å². The van der Waals surface area contributed by atoms with Crippen molar-refractivity contribution >= 4 is 38.9 Å². The highest BCUT2D eigenvalue weighted by Crippen LogP contribution is 2.28. The Morgan fingerprint density at radius 3 is 2.48 bits per heavy atom. The minimum atomic E-state index is 0.585. The lowest BCUT2D eigenvalue weighted by atomic mass is 10.1. The highest BCUT2D eigenvalue weighted by molar-refractivity contribution is 9.10. The quantitative estimate of drug-likeness (QED) is 0.526. The molecule has 0 unspecified atom stereocenters. The summed E-state index contributed by atoms with van der Waals surface area (Å²) in [6, 6.07) is 18.4. The Balaban J connectivity index is 1.92. The smallest absolute Gasteiger partial charge is 0.134 e. The van der Waals surface area contributed by atoms with Gasteiger partial charge in [-0.25, -0.2) is 4.98 Å². The number of benzene rings is 2. The van der Waals surface area contributed by atoms with Crippen LogP contribution in [-0.4, -0.2) is 4.98 Å². The van der Waals surface area contributed by atoms with Crippen LogP contribution in [0.1, 0.15) is 16.1 Å². The minimum Gasteiger partial charge on any atom is -0.235 e. The molecule has 0 N–H and O–H groups in total. The third-order valence-corrected chi connectivity index (χ3v) is 4.79. The Labute approximate surface area is 147 Å². The van der Waals surface area contributed by atoms with Gasteiger partial charge >= 0.3 is 0 Å². The first-order valence-electron chi connectivity index (χ1n) is 7.06. The largest absolute Gasteiger partial charge is 0.235 e. The number of halogens is 1. The molecule has 0 aliphatic carbocycles. The molecule has 0 bridgehead atoms. The molecule has 0 radical (unpaired) electrons. The van der Waals surface area contributed by atoms with Crippen LogP contribution in [-0.2, 0) is 0 Å².